The highest BCUT2D eigenvalue weighted by molar-refractivity contribution is 5.81. The Balaban J connectivity index is 3.70. The van der Waals surface area contributed by atoms with Crippen LogP contribution in [0.1, 0.15) is 54.9 Å². The number of nitrogens with one attached hydrogen (secondary N) is 1. The SMILES string of the molecule is CC(C)CCOC(C)(C)COCCNC(=O)C(C)(C)C. The van der Waals surface area contributed by atoms with Crippen LogP contribution in [0, 0.1) is 11.3 Å². The maximum absolute atomic E-state index is 11.6. The molecule has 4 heteroatoms. The van der Waals surface area contributed by atoms with E-state index < -0.39 is 0 Å². The molecule has 1 N–H and O–H groups in total. The molecule has 0 atom stereocenters. The third-order valence-electron chi connectivity index (χ3n) is 2.85. The Morgan fingerprint density at radius 1 is 1.10 bits per heavy atom. The number of amides is 1. The van der Waals surface area contributed by atoms with E-state index in [0.717, 1.165) is 13.0 Å². The zero-order valence-corrected chi connectivity index (χ0v) is 14.3. The first-order chi connectivity index (χ1) is 9.04. The first-order valence-corrected chi connectivity index (χ1v) is 7.54. The topological polar surface area (TPSA) is 47.6 Å². The van der Waals surface area contributed by atoms with E-state index in [0.29, 0.717) is 25.7 Å². The highest BCUT2D eigenvalue weighted by atomic mass is 16.5. The third kappa shape index (κ3) is 10.2. The fourth-order valence-corrected chi connectivity index (χ4v) is 1.43. The lowest BCUT2D eigenvalue weighted by Crippen LogP contribution is -2.38. The van der Waals surface area contributed by atoms with Gasteiger partial charge < -0.3 is 14.8 Å². The summed E-state index contributed by atoms with van der Waals surface area (Å²) in [6.45, 7) is 16.5. The summed E-state index contributed by atoms with van der Waals surface area (Å²) in [6.07, 6.45) is 1.06. The molecule has 0 heterocycles. The summed E-state index contributed by atoms with van der Waals surface area (Å²) in [6, 6.07) is 0. The fraction of sp³-hybridized carbons (Fsp3) is 0.938. The van der Waals surface area contributed by atoms with Crippen LogP contribution >= 0.6 is 0 Å². The van der Waals surface area contributed by atoms with Crippen molar-refractivity contribution in [3.8, 4) is 0 Å². The predicted octanol–water partition coefficient (Wildman–Crippen LogP) is 3.01. The molecule has 4 nitrogen and oxygen atoms in total. The molecule has 1 amide bonds. The molecule has 0 fully saturated rings. The molecule has 0 aliphatic carbocycles. The first kappa shape index (κ1) is 19.4. The number of hydrogen-bond donors (Lipinski definition) is 1. The number of ether oxygens (including phenoxy) is 2. The van der Waals surface area contributed by atoms with Gasteiger partial charge in [0.2, 0.25) is 5.91 Å². The lowest BCUT2D eigenvalue weighted by molar-refractivity contribution is -0.128. The van der Waals surface area contributed by atoms with Crippen LogP contribution in [0.5, 0.6) is 0 Å². The summed E-state index contributed by atoms with van der Waals surface area (Å²) in [5.41, 5.74) is -0.623. The minimum absolute atomic E-state index is 0.0496. The van der Waals surface area contributed by atoms with Gasteiger partial charge in [-0.2, -0.15) is 0 Å². The third-order valence-corrected chi connectivity index (χ3v) is 2.85. The lowest BCUT2D eigenvalue weighted by atomic mass is 9.96. The largest absolute Gasteiger partial charge is 0.377 e. The molecule has 0 aromatic carbocycles. The maximum Gasteiger partial charge on any atom is 0.225 e. The zero-order chi connectivity index (χ0) is 15.8. The Hall–Kier alpha value is -0.610. The molecule has 0 aliphatic heterocycles. The quantitative estimate of drug-likeness (QED) is 0.663. The van der Waals surface area contributed by atoms with E-state index in [1.54, 1.807) is 0 Å². The summed E-state index contributed by atoms with van der Waals surface area (Å²) in [5, 5.41) is 2.86. The number of hydrogen-bond acceptors (Lipinski definition) is 3. The molecule has 0 unspecified atom stereocenters. The highest BCUT2D eigenvalue weighted by Crippen LogP contribution is 2.13. The van der Waals surface area contributed by atoms with Gasteiger partial charge in [0.1, 0.15) is 0 Å². The Labute approximate surface area is 124 Å². The summed E-state index contributed by atoms with van der Waals surface area (Å²) < 4.78 is 11.4. The number of carbonyl (C=O) groups is 1. The van der Waals surface area contributed by atoms with Crippen molar-refractivity contribution in [1.82, 2.24) is 5.32 Å². The van der Waals surface area contributed by atoms with Crippen molar-refractivity contribution >= 4 is 5.91 Å². The Kier molecular flexibility index (Phi) is 8.36. The summed E-state index contributed by atoms with van der Waals surface area (Å²) in [4.78, 5) is 11.6. The lowest BCUT2D eigenvalue weighted by Gasteiger charge is -2.26. The van der Waals surface area contributed by atoms with E-state index in [-0.39, 0.29) is 16.9 Å². The molecule has 20 heavy (non-hydrogen) atoms. The molecule has 0 aromatic heterocycles. The van der Waals surface area contributed by atoms with Gasteiger partial charge in [0.25, 0.3) is 0 Å². The van der Waals surface area contributed by atoms with E-state index in [1.807, 2.05) is 34.6 Å². The molecule has 0 radical (unpaired) electrons. The van der Waals surface area contributed by atoms with Crippen molar-refractivity contribution in [2.24, 2.45) is 11.3 Å². The van der Waals surface area contributed by atoms with Crippen LogP contribution in [-0.2, 0) is 14.3 Å². The van der Waals surface area contributed by atoms with Gasteiger partial charge in [0, 0.05) is 18.6 Å². The Morgan fingerprint density at radius 3 is 2.20 bits per heavy atom. The number of rotatable bonds is 9. The molecule has 0 spiro atoms. The first-order valence-electron chi connectivity index (χ1n) is 7.54. The van der Waals surface area contributed by atoms with Crippen LogP contribution in [0.25, 0.3) is 0 Å². The average molecular weight is 287 g/mol. The van der Waals surface area contributed by atoms with Crippen molar-refractivity contribution in [1.29, 1.82) is 0 Å². The van der Waals surface area contributed by atoms with Crippen LogP contribution in [0.15, 0.2) is 0 Å². The van der Waals surface area contributed by atoms with Crippen molar-refractivity contribution in [3.05, 3.63) is 0 Å². The Bertz CT molecular complexity index is 280. The standard InChI is InChI=1S/C16H33NO3/c1-13(2)8-10-20-16(6,7)12-19-11-9-17-14(18)15(3,4)5/h13H,8-12H2,1-7H3,(H,17,18). The summed E-state index contributed by atoms with van der Waals surface area (Å²) in [5.74, 6) is 0.702. The highest BCUT2D eigenvalue weighted by Gasteiger charge is 2.21. The maximum atomic E-state index is 11.6. The van der Waals surface area contributed by atoms with Crippen LogP contribution in [0.3, 0.4) is 0 Å². The average Bonchev–Trinajstić information content (AvgIpc) is 2.25. The van der Waals surface area contributed by atoms with Gasteiger partial charge in [-0.15, -0.1) is 0 Å². The molecule has 0 aliphatic rings. The molecule has 120 valence electrons. The summed E-state index contributed by atoms with van der Waals surface area (Å²) >= 11 is 0. The predicted molar refractivity (Wildman–Crippen MR) is 82.8 cm³/mol. The van der Waals surface area contributed by atoms with Crippen LogP contribution in [0.2, 0.25) is 0 Å². The molecule has 0 aromatic rings. The monoisotopic (exact) mass is 287 g/mol. The van der Waals surface area contributed by atoms with Crippen molar-refractivity contribution in [2.45, 2.75) is 60.5 Å². The van der Waals surface area contributed by atoms with Gasteiger partial charge >= 0.3 is 0 Å². The number of carbonyl (C=O) groups excluding carboxylic acids is 1. The van der Waals surface area contributed by atoms with E-state index in [4.69, 9.17) is 9.47 Å². The van der Waals surface area contributed by atoms with Gasteiger partial charge in [-0.25, -0.2) is 0 Å². The summed E-state index contributed by atoms with van der Waals surface area (Å²) in [7, 11) is 0. The van der Waals surface area contributed by atoms with Gasteiger partial charge in [0.05, 0.1) is 18.8 Å². The van der Waals surface area contributed by atoms with Crippen LogP contribution in [0.4, 0.5) is 0 Å². The van der Waals surface area contributed by atoms with E-state index in [9.17, 15) is 4.79 Å². The molecule has 0 saturated heterocycles. The second-order valence-electron chi connectivity index (χ2n) is 7.35. The molecular weight excluding hydrogens is 254 g/mol. The van der Waals surface area contributed by atoms with Gasteiger partial charge in [-0.05, 0) is 26.2 Å². The van der Waals surface area contributed by atoms with Crippen molar-refractivity contribution < 1.29 is 14.3 Å². The van der Waals surface area contributed by atoms with Crippen molar-refractivity contribution in [2.75, 3.05) is 26.4 Å². The van der Waals surface area contributed by atoms with Gasteiger partial charge in [0.15, 0.2) is 0 Å². The Morgan fingerprint density at radius 2 is 1.70 bits per heavy atom. The second-order valence-corrected chi connectivity index (χ2v) is 7.35. The van der Waals surface area contributed by atoms with E-state index >= 15 is 0 Å². The smallest absolute Gasteiger partial charge is 0.225 e. The minimum atomic E-state index is -0.348. The normalized spacial score (nSPS) is 12.8. The van der Waals surface area contributed by atoms with Crippen molar-refractivity contribution in [3.63, 3.8) is 0 Å². The van der Waals surface area contributed by atoms with Gasteiger partial charge in [-0.3, -0.25) is 4.79 Å². The van der Waals surface area contributed by atoms with Crippen LogP contribution in [-0.4, -0.2) is 37.9 Å². The van der Waals surface area contributed by atoms with E-state index in [1.165, 1.54) is 0 Å². The molecule has 0 bridgehead atoms. The zero-order valence-electron chi connectivity index (χ0n) is 14.3. The minimum Gasteiger partial charge on any atom is -0.377 e. The molecule has 0 rings (SSSR count). The molecule has 0 saturated carbocycles. The van der Waals surface area contributed by atoms with Gasteiger partial charge in [-0.1, -0.05) is 34.6 Å². The van der Waals surface area contributed by atoms with Crippen LogP contribution < -0.4 is 5.32 Å². The van der Waals surface area contributed by atoms with E-state index in [2.05, 4.69) is 19.2 Å². The second kappa shape index (κ2) is 8.63. The fourth-order valence-electron chi connectivity index (χ4n) is 1.43. The molecular formula is C16H33NO3.